The van der Waals surface area contributed by atoms with Gasteiger partial charge in [0, 0.05) is 16.7 Å². The van der Waals surface area contributed by atoms with Gasteiger partial charge >= 0.3 is 11.9 Å². The number of fused-ring (bicyclic) bond motifs is 1. The number of hydrogen-bond acceptors (Lipinski definition) is 5. The molecule has 1 aliphatic heterocycles. The Morgan fingerprint density at radius 3 is 1.74 bits per heavy atom. The molecule has 0 saturated carbocycles. The molecule has 0 bridgehead atoms. The van der Waals surface area contributed by atoms with Gasteiger partial charge in [-0.15, -0.1) is 0 Å². The van der Waals surface area contributed by atoms with Crippen LogP contribution in [0.25, 0.3) is 0 Å². The van der Waals surface area contributed by atoms with Crippen LogP contribution in [0.1, 0.15) is 59.7 Å². The molecule has 3 aromatic rings. The Bertz CT molecular complexity index is 1210. The summed E-state index contributed by atoms with van der Waals surface area (Å²) in [5.74, 6) is -1.52. The van der Waals surface area contributed by atoms with Gasteiger partial charge in [0.05, 0.1) is 11.1 Å². The molecule has 6 heteroatoms. The van der Waals surface area contributed by atoms with Crippen LogP contribution >= 0.6 is 0 Å². The molecule has 0 spiro atoms. The van der Waals surface area contributed by atoms with E-state index in [0.29, 0.717) is 27.8 Å². The second kappa shape index (κ2) is 6.87. The quantitative estimate of drug-likeness (QED) is 0.542. The molecule has 0 saturated heterocycles. The summed E-state index contributed by atoms with van der Waals surface area (Å²) in [5.41, 5.74) is 3.43. The fraction of sp³-hybridized carbons (Fsp3) is 0.200. The zero-order valence-electron chi connectivity index (χ0n) is 17.6. The highest BCUT2D eigenvalue weighted by molar-refractivity contribution is 5.99. The first-order valence-corrected chi connectivity index (χ1v) is 9.80. The van der Waals surface area contributed by atoms with E-state index >= 15 is 0 Å². The summed E-state index contributed by atoms with van der Waals surface area (Å²) in [7, 11) is 0. The number of hydrogen-bond donors (Lipinski definition) is 3. The van der Waals surface area contributed by atoms with Crippen LogP contribution in [0.4, 0.5) is 0 Å². The van der Waals surface area contributed by atoms with Gasteiger partial charge in [0.15, 0.2) is 5.60 Å². The molecule has 0 amide bonds. The predicted octanol–water partition coefficient (Wildman–Crippen LogP) is 4.49. The van der Waals surface area contributed by atoms with Crippen molar-refractivity contribution in [3.8, 4) is 11.5 Å². The number of cyclic esters (lactones) is 1. The molecule has 0 fully saturated rings. The smallest absolute Gasteiger partial charge is 0.340 e. The Kier molecular flexibility index (Phi) is 4.54. The maximum Gasteiger partial charge on any atom is 0.340 e. The van der Waals surface area contributed by atoms with Crippen molar-refractivity contribution in [1.82, 2.24) is 0 Å². The number of benzene rings is 3. The number of aromatic carboxylic acids is 1. The van der Waals surface area contributed by atoms with Crippen LogP contribution in [0.3, 0.4) is 0 Å². The van der Waals surface area contributed by atoms with Gasteiger partial charge in [-0.1, -0.05) is 18.2 Å². The van der Waals surface area contributed by atoms with Crippen molar-refractivity contribution in [2.45, 2.75) is 33.3 Å². The third kappa shape index (κ3) is 2.79. The van der Waals surface area contributed by atoms with E-state index < -0.39 is 17.5 Å². The molecule has 0 aliphatic carbocycles. The average Bonchev–Trinajstić information content (AvgIpc) is 3.03. The minimum atomic E-state index is -1.35. The number of carboxylic acid groups (broad SMARTS) is 1. The zero-order chi connectivity index (χ0) is 22.7. The van der Waals surface area contributed by atoms with Gasteiger partial charge in [0.1, 0.15) is 11.5 Å². The van der Waals surface area contributed by atoms with Gasteiger partial charge in [0.2, 0.25) is 0 Å². The van der Waals surface area contributed by atoms with Gasteiger partial charge in [-0.25, -0.2) is 9.59 Å². The Morgan fingerprint density at radius 1 is 0.774 bits per heavy atom. The highest BCUT2D eigenvalue weighted by Crippen LogP contribution is 2.50. The SMILES string of the molecule is Cc1c(O)ccc(C2(c3ccc(O)c(C)c3C)OC(=O)c3cc(C(=O)O)ccc32)c1C. The van der Waals surface area contributed by atoms with Crippen molar-refractivity contribution < 1.29 is 29.6 Å². The van der Waals surface area contributed by atoms with Crippen LogP contribution in [0, 0.1) is 27.7 Å². The van der Waals surface area contributed by atoms with E-state index in [4.69, 9.17) is 4.74 Å². The van der Waals surface area contributed by atoms with Gasteiger partial charge in [-0.3, -0.25) is 0 Å². The number of carboxylic acids is 1. The lowest BCUT2D eigenvalue weighted by atomic mass is 9.75. The first-order chi connectivity index (χ1) is 14.6. The molecule has 6 nitrogen and oxygen atoms in total. The third-order valence-electron chi connectivity index (χ3n) is 6.39. The van der Waals surface area contributed by atoms with E-state index in [1.54, 1.807) is 44.2 Å². The molecule has 4 rings (SSSR count). The molecular weight excluding hydrogens is 396 g/mol. The van der Waals surface area contributed by atoms with E-state index in [9.17, 15) is 24.9 Å². The fourth-order valence-corrected chi connectivity index (χ4v) is 4.32. The molecule has 31 heavy (non-hydrogen) atoms. The summed E-state index contributed by atoms with van der Waals surface area (Å²) in [5, 5.41) is 29.8. The zero-order valence-corrected chi connectivity index (χ0v) is 17.6. The highest BCUT2D eigenvalue weighted by atomic mass is 16.6. The lowest BCUT2D eigenvalue weighted by Crippen LogP contribution is -2.32. The molecule has 0 unspecified atom stereocenters. The van der Waals surface area contributed by atoms with Crippen molar-refractivity contribution in [2.24, 2.45) is 0 Å². The van der Waals surface area contributed by atoms with Crippen LogP contribution in [-0.2, 0) is 10.3 Å². The van der Waals surface area contributed by atoms with Crippen LogP contribution in [-0.4, -0.2) is 27.3 Å². The van der Waals surface area contributed by atoms with E-state index in [1.807, 2.05) is 13.8 Å². The number of rotatable bonds is 3. The van der Waals surface area contributed by atoms with E-state index in [1.165, 1.54) is 12.1 Å². The number of phenolic OH excluding ortho intramolecular Hbond substituents is 2. The predicted molar refractivity (Wildman–Crippen MR) is 114 cm³/mol. The lowest BCUT2D eigenvalue weighted by molar-refractivity contribution is 0.0247. The molecular formula is C25H22O6. The minimum Gasteiger partial charge on any atom is -0.508 e. The van der Waals surface area contributed by atoms with Crippen molar-refractivity contribution in [3.05, 3.63) is 92.5 Å². The molecule has 3 N–H and O–H groups in total. The Labute approximate surface area is 179 Å². The number of carbonyl (C=O) groups is 2. The van der Waals surface area contributed by atoms with Gasteiger partial charge < -0.3 is 20.1 Å². The standard InChI is InChI=1S/C25H22O6/c1-12-14(3)21(26)9-7-18(12)25(19-8-10-22(27)15(4)13(19)2)20-6-5-16(23(28)29)11-17(20)24(30)31-25/h5-11,26-27H,1-4H3,(H,28,29). The van der Waals surface area contributed by atoms with Crippen molar-refractivity contribution >= 4 is 11.9 Å². The van der Waals surface area contributed by atoms with E-state index in [2.05, 4.69) is 0 Å². The number of ether oxygens (including phenoxy) is 1. The number of aromatic hydroxyl groups is 2. The summed E-state index contributed by atoms with van der Waals surface area (Å²) in [6.07, 6.45) is 0. The van der Waals surface area contributed by atoms with Crippen LogP contribution < -0.4 is 0 Å². The summed E-state index contributed by atoms with van der Waals surface area (Å²) >= 11 is 0. The van der Waals surface area contributed by atoms with Gasteiger partial charge in [0.25, 0.3) is 0 Å². The summed E-state index contributed by atoms with van der Waals surface area (Å²) in [6, 6.07) is 10.9. The molecule has 1 aliphatic rings. The molecule has 0 atom stereocenters. The Hall–Kier alpha value is -3.80. The van der Waals surface area contributed by atoms with Crippen LogP contribution in [0.2, 0.25) is 0 Å². The van der Waals surface area contributed by atoms with Crippen molar-refractivity contribution in [2.75, 3.05) is 0 Å². The Morgan fingerprint density at radius 2 is 1.26 bits per heavy atom. The minimum absolute atomic E-state index is 0.0104. The van der Waals surface area contributed by atoms with Crippen LogP contribution in [0.15, 0.2) is 42.5 Å². The van der Waals surface area contributed by atoms with Crippen LogP contribution in [0.5, 0.6) is 11.5 Å². The van der Waals surface area contributed by atoms with Gasteiger partial charge in [-0.2, -0.15) is 0 Å². The average molecular weight is 418 g/mol. The normalized spacial score (nSPS) is 14.3. The maximum atomic E-state index is 13.0. The van der Waals surface area contributed by atoms with Gasteiger partial charge in [-0.05, 0) is 74.2 Å². The fourth-order valence-electron chi connectivity index (χ4n) is 4.32. The second-order valence-corrected chi connectivity index (χ2v) is 7.90. The van der Waals surface area contributed by atoms with E-state index in [0.717, 1.165) is 11.1 Å². The van der Waals surface area contributed by atoms with Crippen molar-refractivity contribution in [3.63, 3.8) is 0 Å². The van der Waals surface area contributed by atoms with E-state index in [-0.39, 0.29) is 22.6 Å². The number of carbonyl (C=O) groups excluding carboxylic acids is 1. The lowest BCUT2D eigenvalue weighted by Gasteiger charge is -2.34. The number of phenols is 2. The molecule has 0 radical (unpaired) electrons. The topological polar surface area (TPSA) is 104 Å². The highest BCUT2D eigenvalue weighted by Gasteiger charge is 2.50. The Balaban J connectivity index is 2.15. The maximum absolute atomic E-state index is 13.0. The number of esters is 1. The molecule has 0 aromatic heterocycles. The second-order valence-electron chi connectivity index (χ2n) is 7.90. The first-order valence-electron chi connectivity index (χ1n) is 9.80. The summed E-state index contributed by atoms with van der Waals surface area (Å²) in [4.78, 5) is 24.5. The van der Waals surface area contributed by atoms with Crippen molar-refractivity contribution in [1.29, 1.82) is 0 Å². The molecule has 3 aromatic carbocycles. The molecule has 1 heterocycles. The third-order valence-corrected chi connectivity index (χ3v) is 6.39. The molecule has 158 valence electrons. The summed E-state index contributed by atoms with van der Waals surface area (Å²) < 4.78 is 6.08. The summed E-state index contributed by atoms with van der Waals surface area (Å²) in [6.45, 7) is 7.24. The first kappa shape index (κ1) is 20.5. The largest absolute Gasteiger partial charge is 0.508 e. The monoisotopic (exact) mass is 418 g/mol.